The maximum absolute atomic E-state index is 13.2. The van der Waals surface area contributed by atoms with Gasteiger partial charge in [0.05, 0.1) is 10.5 Å². The molecular weight excluding hydrogens is 305 g/mol. The summed E-state index contributed by atoms with van der Waals surface area (Å²) in [5.41, 5.74) is 5.46. The second-order valence-electron chi connectivity index (χ2n) is 4.49. The number of benzene rings is 1. The van der Waals surface area contributed by atoms with Gasteiger partial charge in [0.1, 0.15) is 11.9 Å². The van der Waals surface area contributed by atoms with E-state index in [1.807, 2.05) is 0 Å². The molecule has 0 atom stereocenters. The van der Waals surface area contributed by atoms with E-state index in [1.54, 1.807) is 6.07 Å². The van der Waals surface area contributed by atoms with Crippen molar-refractivity contribution in [3.05, 3.63) is 29.6 Å². The summed E-state index contributed by atoms with van der Waals surface area (Å²) < 4.78 is 39.2. The summed E-state index contributed by atoms with van der Waals surface area (Å²) in [5, 5.41) is 8.74. The molecule has 1 aliphatic heterocycles. The van der Waals surface area contributed by atoms with Crippen molar-refractivity contribution >= 4 is 22.4 Å². The van der Waals surface area contributed by atoms with Gasteiger partial charge in [0.15, 0.2) is 0 Å². The molecule has 2 N–H and O–H groups in total. The highest BCUT2D eigenvalue weighted by molar-refractivity contribution is 7.89. The van der Waals surface area contributed by atoms with Crippen LogP contribution >= 0.6 is 12.4 Å². The molecule has 1 saturated heterocycles. The van der Waals surface area contributed by atoms with Crippen LogP contribution < -0.4 is 5.73 Å². The third-order valence-corrected chi connectivity index (χ3v) is 5.09. The molecule has 0 spiro atoms. The van der Waals surface area contributed by atoms with Crippen molar-refractivity contribution in [1.82, 2.24) is 4.31 Å². The maximum atomic E-state index is 13.2. The van der Waals surface area contributed by atoms with Crippen molar-refractivity contribution in [2.45, 2.75) is 23.8 Å². The first-order valence-electron chi connectivity index (χ1n) is 5.90. The van der Waals surface area contributed by atoms with Crippen molar-refractivity contribution < 1.29 is 12.8 Å². The Hall–Kier alpha value is -1.20. The molecule has 1 aromatic carbocycles. The lowest BCUT2D eigenvalue weighted by molar-refractivity contribution is 0.320. The molecule has 1 fully saturated rings. The van der Waals surface area contributed by atoms with Crippen LogP contribution in [0.1, 0.15) is 18.4 Å². The Labute approximate surface area is 123 Å². The minimum absolute atomic E-state index is 0. The van der Waals surface area contributed by atoms with Crippen LogP contribution in [-0.4, -0.2) is 31.9 Å². The molecule has 0 unspecified atom stereocenters. The van der Waals surface area contributed by atoms with Crippen LogP contribution in [0.4, 0.5) is 4.39 Å². The molecule has 0 aliphatic carbocycles. The highest BCUT2D eigenvalue weighted by Crippen LogP contribution is 2.22. The smallest absolute Gasteiger partial charge is 0.243 e. The standard InChI is InChI=1S/C12H14FN3O2S.ClH/c13-12-2-1-11(7-9(12)8-14)19(17,18)16-5-3-10(15)4-6-16;/h1-2,7,10H,3-6,15H2;1H. The molecule has 8 heteroatoms. The highest BCUT2D eigenvalue weighted by atomic mass is 35.5. The third-order valence-electron chi connectivity index (χ3n) is 3.19. The Bertz CT molecular complexity index is 622. The van der Waals surface area contributed by atoms with Gasteiger partial charge in [-0.25, -0.2) is 12.8 Å². The molecule has 1 aliphatic rings. The van der Waals surface area contributed by atoms with E-state index < -0.39 is 15.8 Å². The average molecular weight is 320 g/mol. The first-order valence-corrected chi connectivity index (χ1v) is 7.34. The lowest BCUT2D eigenvalue weighted by Crippen LogP contribution is -2.42. The van der Waals surface area contributed by atoms with Crippen LogP contribution in [0.15, 0.2) is 23.1 Å². The van der Waals surface area contributed by atoms with Crippen LogP contribution in [0.5, 0.6) is 0 Å². The van der Waals surface area contributed by atoms with Crippen molar-refractivity contribution in [2.24, 2.45) is 5.73 Å². The monoisotopic (exact) mass is 319 g/mol. The minimum Gasteiger partial charge on any atom is -0.328 e. The van der Waals surface area contributed by atoms with E-state index in [0.29, 0.717) is 25.9 Å². The Kier molecular flexibility index (Phi) is 5.48. The van der Waals surface area contributed by atoms with E-state index in [0.717, 1.165) is 12.1 Å². The van der Waals surface area contributed by atoms with Gasteiger partial charge in [-0.15, -0.1) is 12.4 Å². The summed E-state index contributed by atoms with van der Waals surface area (Å²) in [6.07, 6.45) is 1.21. The zero-order chi connectivity index (χ0) is 14.0. The molecular formula is C12H15ClFN3O2S. The van der Waals surface area contributed by atoms with E-state index in [2.05, 4.69) is 0 Å². The molecule has 5 nitrogen and oxygen atoms in total. The topological polar surface area (TPSA) is 87.2 Å². The first-order chi connectivity index (χ1) is 8.95. The number of piperidine rings is 1. The van der Waals surface area contributed by atoms with Gasteiger partial charge in [-0.05, 0) is 31.0 Å². The summed E-state index contributed by atoms with van der Waals surface area (Å²) >= 11 is 0. The van der Waals surface area contributed by atoms with Gasteiger partial charge in [-0.1, -0.05) is 0 Å². The Morgan fingerprint density at radius 2 is 1.95 bits per heavy atom. The van der Waals surface area contributed by atoms with Gasteiger partial charge in [-0.3, -0.25) is 0 Å². The second-order valence-corrected chi connectivity index (χ2v) is 6.43. The van der Waals surface area contributed by atoms with E-state index >= 15 is 0 Å². The van der Waals surface area contributed by atoms with Gasteiger partial charge >= 0.3 is 0 Å². The van der Waals surface area contributed by atoms with Crippen LogP contribution in [-0.2, 0) is 10.0 Å². The van der Waals surface area contributed by atoms with Gasteiger partial charge in [0, 0.05) is 19.1 Å². The molecule has 2 rings (SSSR count). The number of sulfonamides is 1. The molecule has 20 heavy (non-hydrogen) atoms. The highest BCUT2D eigenvalue weighted by Gasteiger charge is 2.28. The fraction of sp³-hybridized carbons (Fsp3) is 0.417. The Balaban J connectivity index is 0.00000200. The van der Waals surface area contributed by atoms with Gasteiger partial charge in [-0.2, -0.15) is 9.57 Å². The summed E-state index contributed by atoms with van der Waals surface area (Å²) in [7, 11) is -3.67. The fourth-order valence-electron chi connectivity index (χ4n) is 2.02. The van der Waals surface area contributed by atoms with E-state index in [1.165, 1.54) is 10.4 Å². The van der Waals surface area contributed by atoms with E-state index in [-0.39, 0.29) is 28.9 Å². The third kappa shape index (κ3) is 3.27. The number of rotatable bonds is 2. The summed E-state index contributed by atoms with van der Waals surface area (Å²) in [6.45, 7) is 0.700. The number of hydrogen-bond acceptors (Lipinski definition) is 4. The fourth-order valence-corrected chi connectivity index (χ4v) is 3.51. The number of halogens is 2. The van der Waals surface area contributed by atoms with Crippen molar-refractivity contribution in [3.63, 3.8) is 0 Å². The normalized spacial score (nSPS) is 17.2. The van der Waals surface area contributed by atoms with Crippen molar-refractivity contribution in [1.29, 1.82) is 5.26 Å². The molecule has 0 radical (unpaired) electrons. The van der Waals surface area contributed by atoms with Crippen LogP contribution in [0.25, 0.3) is 0 Å². The summed E-state index contributed by atoms with van der Waals surface area (Å²) in [6, 6.07) is 4.91. The molecule has 0 aromatic heterocycles. The quantitative estimate of drug-likeness (QED) is 0.888. The minimum atomic E-state index is -3.67. The number of nitrogens with zero attached hydrogens (tertiary/aromatic N) is 2. The maximum Gasteiger partial charge on any atom is 0.243 e. The molecule has 0 amide bonds. The average Bonchev–Trinajstić information content (AvgIpc) is 2.39. The summed E-state index contributed by atoms with van der Waals surface area (Å²) in [4.78, 5) is -0.0547. The van der Waals surface area contributed by atoms with E-state index in [9.17, 15) is 12.8 Å². The molecule has 0 bridgehead atoms. The largest absolute Gasteiger partial charge is 0.328 e. The molecule has 110 valence electrons. The molecule has 0 saturated carbocycles. The summed E-state index contributed by atoms with van der Waals surface area (Å²) in [5.74, 6) is -0.720. The van der Waals surface area contributed by atoms with Gasteiger partial charge in [0.25, 0.3) is 0 Å². The van der Waals surface area contributed by atoms with Gasteiger partial charge < -0.3 is 5.73 Å². The van der Waals surface area contributed by atoms with Crippen LogP contribution in [0.3, 0.4) is 0 Å². The number of hydrogen-bond donors (Lipinski definition) is 1. The van der Waals surface area contributed by atoms with Gasteiger partial charge in [0.2, 0.25) is 10.0 Å². The SMILES string of the molecule is Cl.N#Cc1cc(S(=O)(=O)N2CCC(N)CC2)ccc1F. The number of nitrogens with two attached hydrogens (primary N) is 1. The Morgan fingerprint density at radius 3 is 2.50 bits per heavy atom. The zero-order valence-electron chi connectivity index (χ0n) is 10.6. The Morgan fingerprint density at radius 1 is 1.35 bits per heavy atom. The zero-order valence-corrected chi connectivity index (χ0v) is 12.3. The van der Waals surface area contributed by atoms with Crippen LogP contribution in [0.2, 0.25) is 0 Å². The van der Waals surface area contributed by atoms with Crippen LogP contribution in [0, 0.1) is 17.1 Å². The lowest BCUT2D eigenvalue weighted by Gasteiger charge is -2.29. The van der Waals surface area contributed by atoms with Crippen molar-refractivity contribution in [3.8, 4) is 6.07 Å². The number of nitriles is 1. The first kappa shape index (κ1) is 16.9. The van der Waals surface area contributed by atoms with E-state index in [4.69, 9.17) is 11.0 Å². The molecule has 1 heterocycles. The molecule has 1 aromatic rings. The predicted molar refractivity (Wildman–Crippen MR) is 74.3 cm³/mol. The lowest BCUT2D eigenvalue weighted by atomic mass is 10.1. The predicted octanol–water partition coefficient (Wildman–Crippen LogP) is 1.23. The van der Waals surface area contributed by atoms with Crippen molar-refractivity contribution in [2.75, 3.05) is 13.1 Å². The second kappa shape index (κ2) is 6.50.